The van der Waals surface area contributed by atoms with Crippen molar-refractivity contribution in [3.8, 4) is 0 Å². The van der Waals surface area contributed by atoms with E-state index in [2.05, 4.69) is 20.9 Å². The summed E-state index contributed by atoms with van der Waals surface area (Å²) in [6, 6.07) is 40.2. The Morgan fingerprint density at radius 3 is 2.23 bits per heavy atom. The maximum atomic E-state index is 13.8. The quantitative estimate of drug-likeness (QED) is 0.0875. The van der Waals surface area contributed by atoms with Gasteiger partial charge in [-0.15, -0.1) is 11.8 Å². The molecule has 1 heterocycles. The van der Waals surface area contributed by atoms with Gasteiger partial charge >= 0.3 is 0 Å². The zero-order valence-electron chi connectivity index (χ0n) is 24.9. The normalized spacial score (nSPS) is 11.9. The van der Waals surface area contributed by atoms with E-state index in [0.29, 0.717) is 22.0 Å². The second-order valence-corrected chi connectivity index (χ2v) is 12.1. The van der Waals surface area contributed by atoms with Crippen molar-refractivity contribution in [1.29, 1.82) is 0 Å². The highest BCUT2D eigenvalue weighted by atomic mass is 35.5. The van der Waals surface area contributed by atoms with E-state index >= 15 is 0 Å². The Kier molecular flexibility index (Phi) is 9.81. The van der Waals surface area contributed by atoms with Gasteiger partial charge in [0.1, 0.15) is 10.9 Å². The number of H-pyrrole nitrogens is 1. The van der Waals surface area contributed by atoms with Gasteiger partial charge in [0, 0.05) is 38.8 Å². The van der Waals surface area contributed by atoms with Crippen LogP contribution in [0.3, 0.4) is 0 Å². The standard InChI is InChI=1S/C38H29ClN4O3S/c39-31-19-8-10-21-33(31)42-38(46)35(25-12-3-1-4-13-25)47-29-17-11-16-28(23-29)41-37(45)34(43-36(44)26-14-5-2-6-15-26)22-27-24-40-32-20-9-7-18-30(27)32/h1-24,35,40H,(H,41,45)(H,42,46)(H,43,44)/b34-22-. The van der Waals surface area contributed by atoms with Crippen molar-refractivity contribution in [2.24, 2.45) is 0 Å². The lowest BCUT2D eigenvalue weighted by Crippen LogP contribution is -2.30. The van der Waals surface area contributed by atoms with Crippen LogP contribution in [0.2, 0.25) is 5.02 Å². The summed E-state index contributed by atoms with van der Waals surface area (Å²) in [5.41, 5.74) is 3.98. The van der Waals surface area contributed by atoms with E-state index in [9.17, 15) is 14.4 Å². The summed E-state index contributed by atoms with van der Waals surface area (Å²) in [6.07, 6.45) is 3.44. The summed E-state index contributed by atoms with van der Waals surface area (Å²) < 4.78 is 0. The molecule has 0 fully saturated rings. The number of amides is 3. The second kappa shape index (κ2) is 14.7. The number of carbonyl (C=O) groups excluding carboxylic acids is 3. The van der Waals surface area contributed by atoms with E-state index in [1.807, 2.05) is 72.8 Å². The molecule has 4 N–H and O–H groups in total. The molecule has 6 aromatic rings. The van der Waals surface area contributed by atoms with Gasteiger partial charge in [-0.1, -0.05) is 96.5 Å². The number of nitrogens with one attached hydrogen (secondary N) is 4. The van der Waals surface area contributed by atoms with Gasteiger partial charge in [-0.2, -0.15) is 0 Å². The van der Waals surface area contributed by atoms with E-state index in [0.717, 1.165) is 26.9 Å². The Morgan fingerprint density at radius 2 is 1.45 bits per heavy atom. The van der Waals surface area contributed by atoms with Crippen molar-refractivity contribution in [3.63, 3.8) is 0 Å². The molecule has 0 radical (unpaired) electrons. The maximum Gasteiger partial charge on any atom is 0.272 e. The molecule has 1 unspecified atom stereocenters. The minimum atomic E-state index is -0.610. The number of aromatic amines is 1. The summed E-state index contributed by atoms with van der Waals surface area (Å²) in [5, 5.41) is 9.41. The predicted molar refractivity (Wildman–Crippen MR) is 190 cm³/mol. The van der Waals surface area contributed by atoms with Gasteiger partial charge in [-0.3, -0.25) is 14.4 Å². The average molecular weight is 657 g/mol. The van der Waals surface area contributed by atoms with Crippen LogP contribution in [0.25, 0.3) is 17.0 Å². The third-order valence-electron chi connectivity index (χ3n) is 7.27. The third-order valence-corrected chi connectivity index (χ3v) is 8.85. The van der Waals surface area contributed by atoms with E-state index in [-0.39, 0.29) is 11.6 Å². The van der Waals surface area contributed by atoms with Crippen molar-refractivity contribution < 1.29 is 14.4 Å². The molecular weight excluding hydrogens is 628 g/mol. The van der Waals surface area contributed by atoms with Gasteiger partial charge in [-0.05, 0) is 60.2 Å². The second-order valence-electron chi connectivity index (χ2n) is 10.5. The van der Waals surface area contributed by atoms with Crippen LogP contribution in [0.5, 0.6) is 0 Å². The summed E-state index contributed by atoms with van der Waals surface area (Å²) in [4.78, 5) is 44.4. The first kappa shape index (κ1) is 31.4. The molecular formula is C38H29ClN4O3S. The van der Waals surface area contributed by atoms with Crippen LogP contribution in [0.1, 0.15) is 26.7 Å². The first-order valence-electron chi connectivity index (χ1n) is 14.8. The molecule has 7 nitrogen and oxygen atoms in total. The smallest absolute Gasteiger partial charge is 0.272 e. The molecule has 0 aliphatic carbocycles. The van der Waals surface area contributed by atoms with E-state index in [4.69, 9.17) is 11.6 Å². The van der Waals surface area contributed by atoms with Crippen molar-refractivity contribution in [1.82, 2.24) is 10.3 Å². The van der Waals surface area contributed by atoms with Crippen LogP contribution in [-0.4, -0.2) is 22.7 Å². The van der Waals surface area contributed by atoms with Gasteiger partial charge in [0.2, 0.25) is 5.91 Å². The van der Waals surface area contributed by atoms with E-state index in [1.165, 1.54) is 11.8 Å². The van der Waals surface area contributed by atoms with Gasteiger partial charge in [0.15, 0.2) is 0 Å². The molecule has 0 spiro atoms. The fraction of sp³-hybridized carbons (Fsp3) is 0.0263. The largest absolute Gasteiger partial charge is 0.361 e. The molecule has 0 saturated carbocycles. The monoisotopic (exact) mass is 656 g/mol. The number of para-hydroxylation sites is 2. The van der Waals surface area contributed by atoms with Crippen molar-refractivity contribution in [2.75, 3.05) is 10.6 Å². The number of halogens is 1. The van der Waals surface area contributed by atoms with Crippen LogP contribution in [-0.2, 0) is 9.59 Å². The molecule has 232 valence electrons. The SMILES string of the molecule is O=C(Nc1cccc(SC(C(=O)Nc2ccccc2Cl)c2ccccc2)c1)/C(=C/c1c[nH]c2ccccc12)NC(=O)c1ccccc1. The van der Waals surface area contributed by atoms with Crippen LogP contribution < -0.4 is 16.0 Å². The van der Waals surface area contributed by atoms with Gasteiger partial charge < -0.3 is 20.9 Å². The first-order chi connectivity index (χ1) is 22.9. The Morgan fingerprint density at radius 1 is 0.745 bits per heavy atom. The summed E-state index contributed by atoms with van der Waals surface area (Å²) in [5.74, 6) is -1.15. The highest BCUT2D eigenvalue weighted by Gasteiger charge is 2.23. The molecule has 1 atom stereocenters. The fourth-order valence-electron chi connectivity index (χ4n) is 4.95. The molecule has 9 heteroatoms. The molecule has 3 amide bonds. The van der Waals surface area contributed by atoms with Crippen LogP contribution in [0.15, 0.2) is 150 Å². The Hall–Kier alpha value is -5.57. The number of aromatic nitrogens is 1. The molecule has 47 heavy (non-hydrogen) atoms. The van der Waals surface area contributed by atoms with Gasteiger partial charge in [0.05, 0.1) is 10.7 Å². The number of hydrogen-bond donors (Lipinski definition) is 4. The molecule has 0 aliphatic rings. The van der Waals surface area contributed by atoms with Crippen molar-refractivity contribution >= 4 is 69.4 Å². The number of benzene rings is 5. The lowest BCUT2D eigenvalue weighted by atomic mass is 10.1. The molecule has 0 saturated heterocycles. The fourth-order valence-corrected chi connectivity index (χ4v) is 6.22. The van der Waals surface area contributed by atoms with Gasteiger partial charge in [0.25, 0.3) is 11.8 Å². The van der Waals surface area contributed by atoms with E-state index < -0.39 is 17.1 Å². The zero-order chi connectivity index (χ0) is 32.6. The number of hydrogen-bond acceptors (Lipinski definition) is 4. The summed E-state index contributed by atoms with van der Waals surface area (Å²) in [6.45, 7) is 0. The van der Waals surface area contributed by atoms with Crippen molar-refractivity contribution in [2.45, 2.75) is 10.1 Å². The Bertz CT molecular complexity index is 2080. The van der Waals surface area contributed by atoms with Gasteiger partial charge in [-0.25, -0.2) is 0 Å². The van der Waals surface area contributed by atoms with Crippen LogP contribution >= 0.6 is 23.4 Å². The molecule has 0 aliphatic heterocycles. The van der Waals surface area contributed by atoms with E-state index in [1.54, 1.807) is 72.9 Å². The zero-order valence-corrected chi connectivity index (χ0v) is 26.5. The first-order valence-corrected chi connectivity index (χ1v) is 16.0. The lowest BCUT2D eigenvalue weighted by Gasteiger charge is -2.18. The predicted octanol–water partition coefficient (Wildman–Crippen LogP) is 8.70. The average Bonchev–Trinajstić information content (AvgIpc) is 3.51. The number of carbonyl (C=O) groups is 3. The number of rotatable bonds is 10. The summed E-state index contributed by atoms with van der Waals surface area (Å²) >= 11 is 7.66. The molecule has 1 aromatic heterocycles. The topological polar surface area (TPSA) is 103 Å². The summed E-state index contributed by atoms with van der Waals surface area (Å²) in [7, 11) is 0. The molecule has 6 rings (SSSR count). The minimum Gasteiger partial charge on any atom is -0.361 e. The number of fused-ring (bicyclic) bond motifs is 1. The molecule has 0 bridgehead atoms. The minimum absolute atomic E-state index is 0.0722. The van der Waals surface area contributed by atoms with Crippen LogP contribution in [0, 0.1) is 0 Å². The Labute approximate surface area is 281 Å². The lowest BCUT2D eigenvalue weighted by molar-refractivity contribution is -0.116. The van der Waals surface area contributed by atoms with Crippen molar-refractivity contribution in [3.05, 3.63) is 167 Å². The van der Waals surface area contributed by atoms with Crippen LogP contribution in [0.4, 0.5) is 11.4 Å². The third kappa shape index (κ3) is 7.81. The molecule has 5 aromatic carbocycles. The highest BCUT2D eigenvalue weighted by molar-refractivity contribution is 8.00. The highest BCUT2D eigenvalue weighted by Crippen LogP contribution is 2.38. The number of anilines is 2. The Balaban J connectivity index is 1.26. The maximum absolute atomic E-state index is 13.8. The number of thioether (sulfide) groups is 1.